The Balaban J connectivity index is 0.000000196. The normalized spacial score (nSPS) is 16.7. The molecule has 0 radical (unpaired) electrons. The molecular weight excluding hydrogens is 479 g/mol. The third-order valence-electron chi connectivity index (χ3n) is 6.61. The van der Waals surface area contributed by atoms with Crippen LogP contribution in [0.5, 0.6) is 0 Å². The van der Waals surface area contributed by atoms with E-state index in [-0.39, 0.29) is 0 Å². The molecule has 0 aliphatic carbocycles. The van der Waals surface area contributed by atoms with Crippen molar-refractivity contribution >= 4 is 34.6 Å². The van der Waals surface area contributed by atoms with Crippen molar-refractivity contribution in [3.8, 4) is 12.1 Å². The van der Waals surface area contributed by atoms with Crippen LogP contribution in [0.2, 0.25) is 10.0 Å². The molecule has 0 unspecified atom stereocenters. The summed E-state index contributed by atoms with van der Waals surface area (Å²) in [6, 6.07) is 15.6. The van der Waals surface area contributed by atoms with Crippen molar-refractivity contribution in [1.82, 2.24) is 9.80 Å². The molecule has 6 nitrogen and oxygen atoms in total. The zero-order chi connectivity index (χ0) is 25.2. The molecule has 2 aliphatic heterocycles. The lowest BCUT2D eigenvalue weighted by molar-refractivity contribution is 0.258. The van der Waals surface area contributed by atoms with E-state index < -0.39 is 0 Å². The fourth-order valence-corrected chi connectivity index (χ4v) is 5.11. The zero-order valence-electron chi connectivity index (χ0n) is 20.7. The summed E-state index contributed by atoms with van der Waals surface area (Å²) >= 11 is 12.5. The molecular formula is C27H34Cl2N6. The maximum absolute atomic E-state index is 8.99. The molecule has 2 saturated heterocycles. The summed E-state index contributed by atoms with van der Waals surface area (Å²) < 4.78 is 0. The predicted molar refractivity (Wildman–Crippen MR) is 146 cm³/mol. The number of likely N-dealkylation sites (N-methyl/N-ethyl adjacent to an activating group) is 1. The van der Waals surface area contributed by atoms with Crippen LogP contribution in [-0.4, -0.2) is 75.2 Å². The van der Waals surface area contributed by atoms with Gasteiger partial charge in [-0.2, -0.15) is 10.5 Å². The van der Waals surface area contributed by atoms with Crippen molar-refractivity contribution in [2.24, 2.45) is 0 Å². The van der Waals surface area contributed by atoms with Gasteiger partial charge in [-0.3, -0.25) is 4.90 Å². The molecule has 0 saturated carbocycles. The summed E-state index contributed by atoms with van der Waals surface area (Å²) in [5.74, 6) is 0. The van der Waals surface area contributed by atoms with Crippen LogP contribution in [0.3, 0.4) is 0 Å². The molecule has 2 aliphatic rings. The van der Waals surface area contributed by atoms with Crippen LogP contribution in [0.4, 0.5) is 11.4 Å². The van der Waals surface area contributed by atoms with Gasteiger partial charge in [-0.15, -0.1) is 0 Å². The van der Waals surface area contributed by atoms with Crippen molar-refractivity contribution in [3.05, 3.63) is 57.6 Å². The molecule has 0 aromatic heterocycles. The van der Waals surface area contributed by atoms with Crippen LogP contribution in [0.15, 0.2) is 36.4 Å². The molecule has 0 bridgehead atoms. The van der Waals surface area contributed by atoms with Crippen molar-refractivity contribution in [2.75, 3.05) is 75.2 Å². The smallest absolute Gasteiger partial charge is 0.101 e. The minimum absolute atomic E-state index is 0.557. The highest BCUT2D eigenvalue weighted by Crippen LogP contribution is 2.30. The Kier molecular flexibility index (Phi) is 10.5. The summed E-state index contributed by atoms with van der Waals surface area (Å²) in [4.78, 5) is 9.42. The van der Waals surface area contributed by atoms with Crippen molar-refractivity contribution in [2.45, 2.75) is 20.3 Å². The quantitative estimate of drug-likeness (QED) is 0.555. The highest BCUT2D eigenvalue weighted by Gasteiger charge is 2.20. The van der Waals surface area contributed by atoms with Crippen molar-refractivity contribution in [3.63, 3.8) is 0 Å². The van der Waals surface area contributed by atoms with Crippen LogP contribution >= 0.6 is 23.2 Å². The van der Waals surface area contributed by atoms with Crippen LogP contribution < -0.4 is 9.80 Å². The Hall–Kier alpha value is -2.48. The van der Waals surface area contributed by atoms with E-state index in [0.29, 0.717) is 21.2 Å². The van der Waals surface area contributed by atoms with E-state index in [1.54, 1.807) is 12.1 Å². The third kappa shape index (κ3) is 7.03. The highest BCUT2D eigenvalue weighted by molar-refractivity contribution is 6.34. The Bertz CT molecular complexity index is 1040. The van der Waals surface area contributed by atoms with Gasteiger partial charge in [-0.05, 0) is 43.8 Å². The first-order valence-corrected chi connectivity index (χ1v) is 13.1. The molecule has 2 heterocycles. The maximum Gasteiger partial charge on any atom is 0.101 e. The van der Waals surface area contributed by atoms with Crippen LogP contribution in [0.25, 0.3) is 0 Å². The number of anilines is 2. The van der Waals surface area contributed by atoms with Crippen molar-refractivity contribution in [1.29, 1.82) is 10.5 Å². The van der Waals surface area contributed by atoms with Gasteiger partial charge in [-0.25, -0.2) is 0 Å². The Labute approximate surface area is 219 Å². The Morgan fingerprint density at radius 3 is 1.49 bits per heavy atom. The summed E-state index contributed by atoms with van der Waals surface area (Å²) in [5.41, 5.74) is 3.10. The van der Waals surface area contributed by atoms with E-state index in [9.17, 15) is 0 Å². The first kappa shape index (κ1) is 27.1. The van der Waals surface area contributed by atoms with Gasteiger partial charge in [0.25, 0.3) is 0 Å². The van der Waals surface area contributed by atoms with E-state index in [1.807, 2.05) is 24.3 Å². The van der Waals surface area contributed by atoms with Crippen molar-refractivity contribution < 1.29 is 0 Å². The summed E-state index contributed by atoms with van der Waals surface area (Å²) in [6.07, 6.45) is 1.20. The zero-order valence-corrected chi connectivity index (χ0v) is 22.2. The molecule has 2 fully saturated rings. The molecule has 4 rings (SSSR count). The van der Waals surface area contributed by atoms with E-state index in [4.69, 9.17) is 33.7 Å². The van der Waals surface area contributed by atoms with Gasteiger partial charge in [0.15, 0.2) is 0 Å². The minimum atomic E-state index is 0.557. The summed E-state index contributed by atoms with van der Waals surface area (Å²) in [5, 5.41) is 19.1. The monoisotopic (exact) mass is 512 g/mol. The number of rotatable bonds is 5. The highest BCUT2D eigenvalue weighted by atomic mass is 35.5. The second-order valence-corrected chi connectivity index (χ2v) is 9.51. The van der Waals surface area contributed by atoms with Gasteiger partial charge in [0, 0.05) is 52.4 Å². The molecule has 0 spiro atoms. The van der Waals surface area contributed by atoms with E-state index >= 15 is 0 Å². The SMILES string of the molecule is CCCN1CCN(c2cccc(C#N)c2Cl)CC1.CCN1CCN(c2cccc(C#N)c2Cl)CC1. The number of halogens is 2. The fourth-order valence-electron chi connectivity index (χ4n) is 4.53. The molecule has 0 atom stereocenters. The molecule has 8 heteroatoms. The average Bonchev–Trinajstić information content (AvgIpc) is 2.90. The standard InChI is InChI=1S/C14H18ClN3.C13H16ClN3/c1-2-6-17-7-9-18(10-8-17)13-5-3-4-12(11-16)14(13)15;1-2-16-6-8-17(9-7-16)12-5-3-4-11(10-15)13(12)14/h3-5H,2,6-10H2,1H3;3-5H,2,6-9H2,1H3. The number of nitrogens with zero attached hydrogens (tertiary/aromatic N) is 6. The second kappa shape index (κ2) is 13.6. The molecule has 2 aromatic carbocycles. The first-order valence-electron chi connectivity index (χ1n) is 12.3. The van der Waals surface area contributed by atoms with Crippen LogP contribution in [0.1, 0.15) is 31.4 Å². The van der Waals surface area contributed by atoms with E-state index in [0.717, 1.165) is 70.3 Å². The van der Waals surface area contributed by atoms with E-state index in [2.05, 4.69) is 45.6 Å². The topological polar surface area (TPSA) is 60.5 Å². The molecule has 0 N–H and O–H groups in total. The molecule has 0 amide bonds. The number of hydrogen-bond donors (Lipinski definition) is 0. The maximum atomic E-state index is 8.99. The van der Waals surface area contributed by atoms with Gasteiger partial charge >= 0.3 is 0 Å². The number of benzene rings is 2. The van der Waals surface area contributed by atoms with Gasteiger partial charge in [0.1, 0.15) is 12.1 Å². The first-order chi connectivity index (χ1) is 17.0. The number of piperazine rings is 2. The summed E-state index contributed by atoms with van der Waals surface area (Å²) in [6.45, 7) is 14.8. The molecule has 35 heavy (non-hydrogen) atoms. The van der Waals surface area contributed by atoms with Gasteiger partial charge in [0.2, 0.25) is 0 Å². The largest absolute Gasteiger partial charge is 0.368 e. The lowest BCUT2D eigenvalue weighted by Crippen LogP contribution is -2.46. The number of hydrogen-bond acceptors (Lipinski definition) is 6. The lowest BCUT2D eigenvalue weighted by atomic mass is 10.2. The number of nitriles is 2. The lowest BCUT2D eigenvalue weighted by Gasteiger charge is -2.36. The van der Waals surface area contributed by atoms with Gasteiger partial charge in [-0.1, -0.05) is 49.2 Å². The summed E-state index contributed by atoms with van der Waals surface area (Å²) in [7, 11) is 0. The Morgan fingerprint density at radius 2 is 1.11 bits per heavy atom. The molecule has 186 valence electrons. The van der Waals surface area contributed by atoms with Gasteiger partial charge < -0.3 is 14.7 Å². The van der Waals surface area contributed by atoms with Crippen LogP contribution in [-0.2, 0) is 0 Å². The predicted octanol–water partition coefficient (Wildman–Crippen LogP) is 5.10. The molecule has 2 aromatic rings. The second-order valence-electron chi connectivity index (χ2n) is 8.75. The van der Waals surface area contributed by atoms with Gasteiger partial charge in [0.05, 0.1) is 32.5 Å². The fraction of sp³-hybridized carbons (Fsp3) is 0.481. The Morgan fingerprint density at radius 1 is 0.686 bits per heavy atom. The average molecular weight is 514 g/mol. The van der Waals surface area contributed by atoms with Crippen LogP contribution in [0, 0.1) is 22.7 Å². The minimum Gasteiger partial charge on any atom is -0.368 e. The van der Waals surface area contributed by atoms with E-state index in [1.165, 1.54) is 13.0 Å². The third-order valence-corrected chi connectivity index (χ3v) is 7.41.